The van der Waals surface area contributed by atoms with Crippen LogP contribution in [0.3, 0.4) is 0 Å². The maximum Gasteiger partial charge on any atom is 0.414 e. The molecule has 23 heteroatoms. The van der Waals surface area contributed by atoms with Crippen molar-refractivity contribution in [1.29, 1.82) is 0 Å². The third kappa shape index (κ3) is 11.5. The van der Waals surface area contributed by atoms with E-state index in [1.54, 1.807) is 45.6 Å². The first-order valence-corrected chi connectivity index (χ1v) is 22.4. The SMILES string of the molecule is [B]P(C)OC(=O)C1=C(C[n+]2cccc3c2ncn3CCCN(CC)C(=O)OC(C)(C)C)CSC2C(NC(=O)/C(=N\OCC)c3nsc(NC(=O)OC(C)(C)C)n3)C(=O)N12. The fourth-order valence-electron chi connectivity index (χ4n) is 5.98. The molecule has 3 aromatic rings. The van der Waals surface area contributed by atoms with Crippen LogP contribution in [0.2, 0.25) is 0 Å². The number of oxime groups is 1. The lowest BCUT2D eigenvalue weighted by Crippen LogP contribution is -2.71. The van der Waals surface area contributed by atoms with Crippen molar-refractivity contribution in [3.63, 3.8) is 0 Å². The zero-order valence-electron chi connectivity index (χ0n) is 34.5. The molecule has 0 aromatic carbocycles. The fraction of sp³-hybridized carbons (Fsp3) is 0.556. The first kappa shape index (κ1) is 45.3. The van der Waals surface area contributed by atoms with Crippen LogP contribution in [0.5, 0.6) is 0 Å². The van der Waals surface area contributed by atoms with E-state index in [0.29, 0.717) is 43.0 Å². The summed E-state index contributed by atoms with van der Waals surface area (Å²) in [4.78, 5) is 83.1. The van der Waals surface area contributed by atoms with Gasteiger partial charge in [0.15, 0.2) is 7.57 Å². The number of rotatable bonds is 15. The van der Waals surface area contributed by atoms with Gasteiger partial charge in [-0.15, -0.1) is 11.8 Å². The van der Waals surface area contributed by atoms with E-state index < -0.39 is 54.5 Å². The van der Waals surface area contributed by atoms with E-state index in [0.717, 1.165) is 17.0 Å². The number of thioether (sulfide) groups is 1. The number of β-lactam (4-membered cyclic amide) rings is 1. The zero-order valence-corrected chi connectivity index (χ0v) is 37.0. The van der Waals surface area contributed by atoms with E-state index in [4.69, 9.17) is 26.4 Å². The summed E-state index contributed by atoms with van der Waals surface area (Å²) >= 11 is 2.16. The molecule has 0 aliphatic carbocycles. The Balaban J connectivity index is 1.32. The summed E-state index contributed by atoms with van der Waals surface area (Å²) in [6.45, 7) is 17.7. The lowest BCUT2D eigenvalue weighted by atomic mass is 10.0. The molecule has 59 heavy (non-hydrogen) atoms. The summed E-state index contributed by atoms with van der Waals surface area (Å²) in [5, 5.41) is 8.46. The molecule has 2 N–H and O–H groups in total. The molecule has 2 aliphatic heterocycles. The van der Waals surface area contributed by atoms with Crippen molar-refractivity contribution in [3.8, 4) is 0 Å². The molecule has 4 amide bonds. The molecule has 316 valence electrons. The van der Waals surface area contributed by atoms with Gasteiger partial charge in [0.2, 0.25) is 23.0 Å². The Morgan fingerprint density at radius 3 is 2.53 bits per heavy atom. The van der Waals surface area contributed by atoms with E-state index >= 15 is 0 Å². The van der Waals surface area contributed by atoms with Gasteiger partial charge in [0.25, 0.3) is 11.8 Å². The molecule has 1 saturated heterocycles. The Bertz CT molecular complexity index is 2130. The normalized spacial score (nSPS) is 17.5. The first-order valence-electron chi connectivity index (χ1n) is 18.8. The van der Waals surface area contributed by atoms with Crippen LogP contribution in [-0.4, -0.2) is 127 Å². The molecule has 2 aliphatic rings. The Morgan fingerprint density at radius 1 is 1.14 bits per heavy atom. The number of aromatic nitrogens is 5. The molecule has 5 heterocycles. The number of nitrogens with zero attached hydrogens (tertiary/aromatic N) is 8. The van der Waals surface area contributed by atoms with Crippen LogP contribution in [0.25, 0.3) is 11.2 Å². The minimum absolute atomic E-state index is 0.0514. The molecule has 2 radical (unpaired) electrons. The van der Waals surface area contributed by atoms with Crippen LogP contribution in [0.4, 0.5) is 14.7 Å². The number of amides is 4. The van der Waals surface area contributed by atoms with E-state index in [1.165, 1.54) is 16.7 Å². The highest BCUT2D eigenvalue weighted by atomic mass is 32.2. The number of imidazole rings is 1. The minimum atomic E-state index is -1.62. The van der Waals surface area contributed by atoms with E-state index in [1.807, 2.05) is 55.2 Å². The third-order valence-corrected chi connectivity index (χ3v) is 10.8. The predicted molar refractivity (Wildman–Crippen MR) is 223 cm³/mol. The van der Waals surface area contributed by atoms with Gasteiger partial charge in [-0.2, -0.15) is 9.36 Å². The summed E-state index contributed by atoms with van der Waals surface area (Å²) in [6, 6.07) is 2.76. The van der Waals surface area contributed by atoms with Gasteiger partial charge in [0, 0.05) is 50.5 Å². The third-order valence-electron chi connectivity index (χ3n) is 8.37. The average Bonchev–Trinajstić information content (AvgIpc) is 3.77. The highest BCUT2D eigenvalue weighted by Gasteiger charge is 2.55. The van der Waals surface area contributed by atoms with E-state index in [9.17, 15) is 24.0 Å². The number of pyridine rings is 1. The largest absolute Gasteiger partial charge is 0.452 e. The van der Waals surface area contributed by atoms with E-state index in [-0.39, 0.29) is 41.6 Å². The van der Waals surface area contributed by atoms with Crippen molar-refractivity contribution in [2.24, 2.45) is 5.16 Å². The smallest absolute Gasteiger partial charge is 0.414 e. The van der Waals surface area contributed by atoms with Gasteiger partial charge in [0.1, 0.15) is 47.0 Å². The van der Waals surface area contributed by atoms with Crippen LogP contribution < -0.4 is 15.2 Å². The number of aryl methyl sites for hydroxylation is 1. The topological polar surface area (TPSA) is 213 Å². The molecular weight excluding hydrogens is 822 g/mol. The number of ether oxygens (including phenoxy) is 2. The van der Waals surface area contributed by atoms with Gasteiger partial charge < -0.3 is 33.6 Å². The van der Waals surface area contributed by atoms with Crippen molar-refractivity contribution in [3.05, 3.63) is 41.8 Å². The standard InChI is InChI=1S/C36H48BN10O9PS2/c1-10-44(34(52)55-36(6,7)8)16-13-17-46-20-38-27-22(46)14-12-15-45(27)18-21-19-58-30-24(29(49)47(30)25(21)31(50)56-57(9)37)39-28(48)23(42-53-11-2)26-40-32(59-43-26)41-33(51)54-35(3,4)5/h12,14-15,20,24,30H,10-11,13,16-19H2,1-9H3,(H-,39,40,41,43,48,51)/p+1/b42-23-. The van der Waals surface area contributed by atoms with Crippen molar-refractivity contribution >= 4 is 90.9 Å². The average molecular weight is 872 g/mol. The number of carbonyl (C=O) groups is 5. The number of hydrogen-bond donors (Lipinski definition) is 2. The number of anilines is 1. The Hall–Kier alpha value is -4.82. The Morgan fingerprint density at radius 2 is 1.86 bits per heavy atom. The molecule has 0 spiro atoms. The number of nitrogens with one attached hydrogen (secondary N) is 2. The zero-order chi connectivity index (χ0) is 43.2. The van der Waals surface area contributed by atoms with Crippen LogP contribution >= 0.6 is 31.3 Å². The number of hydrogen-bond acceptors (Lipinski definition) is 15. The lowest BCUT2D eigenvalue weighted by Gasteiger charge is -2.49. The molecule has 1 fully saturated rings. The van der Waals surface area contributed by atoms with Crippen molar-refractivity contribution in [1.82, 2.24) is 34.0 Å². The summed E-state index contributed by atoms with van der Waals surface area (Å²) in [7, 11) is 4.30. The van der Waals surface area contributed by atoms with Crippen LogP contribution in [0.15, 0.2) is 41.1 Å². The van der Waals surface area contributed by atoms with Crippen molar-refractivity contribution in [2.75, 3.05) is 37.4 Å². The number of carbonyl (C=O) groups excluding carboxylic acids is 5. The second kappa shape index (κ2) is 19.1. The van der Waals surface area contributed by atoms with E-state index in [2.05, 4.69) is 30.1 Å². The Kier molecular flexibility index (Phi) is 14.6. The van der Waals surface area contributed by atoms with Gasteiger partial charge in [0.05, 0.1) is 6.20 Å². The second-order valence-corrected chi connectivity index (χ2v) is 18.5. The van der Waals surface area contributed by atoms with Gasteiger partial charge in [-0.1, -0.05) is 5.16 Å². The van der Waals surface area contributed by atoms with Gasteiger partial charge in [-0.3, -0.25) is 19.8 Å². The lowest BCUT2D eigenvalue weighted by molar-refractivity contribution is -0.664. The predicted octanol–water partition coefficient (Wildman–Crippen LogP) is 3.92. The van der Waals surface area contributed by atoms with Crippen LogP contribution in [-0.2, 0) is 46.3 Å². The molecule has 3 atom stereocenters. The molecule has 0 saturated carbocycles. The quantitative estimate of drug-likeness (QED) is 0.0555. The highest BCUT2D eigenvalue weighted by Crippen LogP contribution is 2.42. The van der Waals surface area contributed by atoms with Crippen molar-refractivity contribution < 1.29 is 47.4 Å². The van der Waals surface area contributed by atoms with Crippen LogP contribution in [0, 0.1) is 0 Å². The molecule has 0 bridgehead atoms. The maximum atomic E-state index is 13.9. The molecule has 19 nitrogen and oxygen atoms in total. The summed E-state index contributed by atoms with van der Waals surface area (Å²) in [6.07, 6.45) is 3.11. The Labute approximate surface area is 353 Å². The van der Waals surface area contributed by atoms with Gasteiger partial charge in [-0.05, 0) is 85.6 Å². The monoisotopic (exact) mass is 871 g/mol. The summed E-state index contributed by atoms with van der Waals surface area (Å²) < 4.78 is 24.3. The number of fused-ring (bicyclic) bond motifs is 2. The van der Waals surface area contributed by atoms with Gasteiger partial charge >= 0.3 is 23.8 Å². The maximum absolute atomic E-state index is 13.9. The first-order chi connectivity index (χ1) is 27.8. The molecule has 5 rings (SSSR count). The fourth-order valence-corrected chi connectivity index (χ4v) is 8.22. The van der Waals surface area contributed by atoms with Crippen LogP contribution in [0.1, 0.15) is 67.6 Å². The summed E-state index contributed by atoms with van der Waals surface area (Å²) in [5.74, 6) is -1.94. The molecular formula is C36H49BN10O9PS2+. The highest BCUT2D eigenvalue weighted by molar-refractivity contribution is 8.00. The molecule has 3 aromatic heterocycles. The molecule has 3 unspecified atom stereocenters. The second-order valence-electron chi connectivity index (χ2n) is 15.3. The minimum Gasteiger partial charge on any atom is -0.452 e. The van der Waals surface area contributed by atoms with Gasteiger partial charge in [-0.25, -0.2) is 19.0 Å². The van der Waals surface area contributed by atoms with Crippen molar-refractivity contribution in [2.45, 2.75) is 97.5 Å². The summed E-state index contributed by atoms with van der Waals surface area (Å²) in [5.41, 5.74) is 0.480.